The summed E-state index contributed by atoms with van der Waals surface area (Å²) in [5, 5.41) is 6.23. The van der Waals surface area contributed by atoms with Crippen molar-refractivity contribution in [3.05, 3.63) is 24.0 Å². The molecular formula is C13H19N3O. The van der Waals surface area contributed by atoms with E-state index < -0.39 is 0 Å². The van der Waals surface area contributed by atoms with Gasteiger partial charge in [0, 0.05) is 17.6 Å². The van der Waals surface area contributed by atoms with Crippen LogP contribution in [0.3, 0.4) is 0 Å². The topological polar surface area (TPSA) is 54.0 Å². The van der Waals surface area contributed by atoms with E-state index in [9.17, 15) is 4.79 Å². The molecule has 92 valence electrons. The van der Waals surface area contributed by atoms with Crippen molar-refractivity contribution in [3.63, 3.8) is 0 Å². The minimum absolute atomic E-state index is 0.0500. The Morgan fingerprint density at radius 3 is 3.18 bits per heavy atom. The largest absolute Gasteiger partial charge is 0.325 e. The van der Waals surface area contributed by atoms with Gasteiger partial charge in [0.2, 0.25) is 5.91 Å². The van der Waals surface area contributed by atoms with Crippen molar-refractivity contribution in [1.82, 2.24) is 10.3 Å². The molecule has 0 radical (unpaired) electrons. The highest BCUT2D eigenvalue weighted by Gasteiger charge is 2.19. The minimum Gasteiger partial charge on any atom is -0.325 e. The maximum atomic E-state index is 12.0. The third-order valence-electron chi connectivity index (χ3n) is 3.04. The van der Waals surface area contributed by atoms with Gasteiger partial charge in [-0.05, 0) is 38.4 Å². The Kier molecular flexibility index (Phi) is 4.09. The Hall–Kier alpha value is -1.42. The molecule has 1 unspecified atom stereocenters. The second-order valence-corrected chi connectivity index (χ2v) is 4.53. The molecule has 0 spiro atoms. The fraction of sp³-hybridized carbons (Fsp3) is 0.538. The van der Waals surface area contributed by atoms with Crippen LogP contribution in [0.25, 0.3) is 0 Å². The molecule has 1 fully saturated rings. The average Bonchev–Trinajstić information content (AvgIpc) is 2.57. The molecule has 17 heavy (non-hydrogen) atoms. The van der Waals surface area contributed by atoms with Crippen molar-refractivity contribution >= 4 is 11.6 Å². The van der Waals surface area contributed by atoms with Gasteiger partial charge in [0.25, 0.3) is 0 Å². The lowest BCUT2D eigenvalue weighted by Crippen LogP contribution is -2.39. The molecule has 1 atom stereocenters. The van der Waals surface area contributed by atoms with E-state index in [0.29, 0.717) is 0 Å². The highest BCUT2D eigenvalue weighted by molar-refractivity contribution is 5.94. The number of rotatable bonds is 2. The number of nitrogens with zero attached hydrogens (tertiary/aromatic N) is 1. The van der Waals surface area contributed by atoms with Gasteiger partial charge in [0.1, 0.15) is 0 Å². The maximum Gasteiger partial charge on any atom is 0.241 e. The summed E-state index contributed by atoms with van der Waals surface area (Å²) in [4.78, 5) is 16.1. The molecule has 0 aromatic carbocycles. The number of nitrogens with one attached hydrogen (secondary N) is 2. The zero-order chi connectivity index (χ0) is 12.1. The minimum atomic E-state index is -0.0500. The van der Waals surface area contributed by atoms with Crippen molar-refractivity contribution < 1.29 is 4.79 Å². The van der Waals surface area contributed by atoms with Crippen LogP contribution in [0, 0.1) is 6.92 Å². The third-order valence-corrected chi connectivity index (χ3v) is 3.04. The lowest BCUT2D eigenvalue weighted by atomic mass is 10.1. The van der Waals surface area contributed by atoms with Crippen molar-refractivity contribution in [3.8, 4) is 0 Å². The molecule has 0 saturated carbocycles. The first-order chi connectivity index (χ1) is 8.25. The lowest BCUT2D eigenvalue weighted by molar-refractivity contribution is -0.118. The van der Waals surface area contributed by atoms with Crippen molar-refractivity contribution in [2.45, 2.75) is 38.6 Å². The van der Waals surface area contributed by atoms with Crippen LogP contribution >= 0.6 is 0 Å². The second kappa shape index (κ2) is 5.77. The van der Waals surface area contributed by atoms with E-state index in [-0.39, 0.29) is 11.9 Å². The normalized spacial score (nSPS) is 20.6. The first kappa shape index (κ1) is 12.0. The van der Waals surface area contributed by atoms with E-state index in [1.807, 2.05) is 19.1 Å². The van der Waals surface area contributed by atoms with Gasteiger partial charge in [-0.1, -0.05) is 12.8 Å². The Labute approximate surface area is 102 Å². The summed E-state index contributed by atoms with van der Waals surface area (Å²) in [6.45, 7) is 2.85. The Balaban J connectivity index is 1.95. The van der Waals surface area contributed by atoms with Crippen LogP contribution in [0.1, 0.15) is 31.4 Å². The van der Waals surface area contributed by atoms with Crippen LogP contribution < -0.4 is 10.6 Å². The van der Waals surface area contributed by atoms with E-state index in [4.69, 9.17) is 0 Å². The fourth-order valence-corrected chi connectivity index (χ4v) is 2.11. The van der Waals surface area contributed by atoms with E-state index in [1.165, 1.54) is 6.42 Å². The van der Waals surface area contributed by atoms with E-state index in [0.717, 1.165) is 37.2 Å². The van der Waals surface area contributed by atoms with Crippen molar-refractivity contribution in [2.24, 2.45) is 0 Å². The molecule has 0 aliphatic carbocycles. The van der Waals surface area contributed by atoms with Gasteiger partial charge < -0.3 is 10.6 Å². The zero-order valence-electron chi connectivity index (χ0n) is 10.2. The van der Waals surface area contributed by atoms with Crippen molar-refractivity contribution in [1.29, 1.82) is 0 Å². The maximum absolute atomic E-state index is 12.0. The molecule has 1 aliphatic heterocycles. The predicted molar refractivity (Wildman–Crippen MR) is 67.9 cm³/mol. The smallest absolute Gasteiger partial charge is 0.241 e. The number of aromatic nitrogens is 1. The summed E-state index contributed by atoms with van der Waals surface area (Å²) in [6.07, 6.45) is 6.14. The summed E-state index contributed by atoms with van der Waals surface area (Å²) >= 11 is 0. The number of carbonyl (C=O) groups excluding carboxylic acids is 1. The molecule has 4 nitrogen and oxygen atoms in total. The lowest BCUT2D eigenvalue weighted by Gasteiger charge is -2.15. The van der Waals surface area contributed by atoms with E-state index >= 15 is 0 Å². The first-order valence-electron chi connectivity index (χ1n) is 6.22. The van der Waals surface area contributed by atoms with Gasteiger partial charge in [0.15, 0.2) is 0 Å². The van der Waals surface area contributed by atoms with Crippen LogP contribution in [0.5, 0.6) is 0 Å². The number of hydrogen-bond acceptors (Lipinski definition) is 3. The molecular weight excluding hydrogens is 214 g/mol. The monoisotopic (exact) mass is 233 g/mol. The predicted octanol–water partition coefficient (Wildman–Crippen LogP) is 1.86. The van der Waals surface area contributed by atoms with Gasteiger partial charge in [-0.2, -0.15) is 0 Å². The highest BCUT2D eigenvalue weighted by atomic mass is 16.2. The summed E-state index contributed by atoms with van der Waals surface area (Å²) in [7, 11) is 0. The van der Waals surface area contributed by atoms with Crippen molar-refractivity contribution in [2.75, 3.05) is 11.9 Å². The molecule has 0 bridgehead atoms. The number of hydrogen-bond donors (Lipinski definition) is 2. The van der Waals surface area contributed by atoms with Crippen LogP contribution in [-0.2, 0) is 4.79 Å². The molecule has 1 aromatic heterocycles. The molecule has 1 aromatic rings. The van der Waals surface area contributed by atoms with E-state index in [1.54, 1.807) is 6.20 Å². The highest BCUT2D eigenvalue weighted by Crippen LogP contribution is 2.12. The summed E-state index contributed by atoms with van der Waals surface area (Å²) in [5.41, 5.74) is 1.74. The standard InChI is InChI=1S/C13H19N3O/c1-10-9-11(6-8-14-10)16-13(17)12-5-3-2-4-7-15-12/h6,8-9,12,15H,2-5,7H2,1H3,(H,14,16,17). The first-order valence-corrected chi connectivity index (χ1v) is 6.22. The fourth-order valence-electron chi connectivity index (χ4n) is 2.11. The zero-order valence-corrected chi connectivity index (χ0v) is 10.2. The van der Waals surface area contributed by atoms with Gasteiger partial charge in [-0.25, -0.2) is 0 Å². The molecule has 2 N–H and O–H groups in total. The molecule has 1 saturated heterocycles. The van der Waals surface area contributed by atoms with Gasteiger partial charge >= 0.3 is 0 Å². The van der Waals surface area contributed by atoms with Gasteiger partial charge in [-0.15, -0.1) is 0 Å². The van der Waals surface area contributed by atoms with Crippen LogP contribution in [0.15, 0.2) is 18.3 Å². The second-order valence-electron chi connectivity index (χ2n) is 4.53. The van der Waals surface area contributed by atoms with Crippen LogP contribution in [0.2, 0.25) is 0 Å². The number of aryl methyl sites for hydroxylation is 1. The van der Waals surface area contributed by atoms with E-state index in [2.05, 4.69) is 15.6 Å². The quantitative estimate of drug-likeness (QED) is 0.819. The summed E-state index contributed by atoms with van der Waals surface area (Å²) in [6, 6.07) is 3.65. The Bertz CT molecular complexity index is 384. The van der Waals surface area contributed by atoms with Gasteiger partial charge in [0.05, 0.1) is 6.04 Å². The number of pyridine rings is 1. The molecule has 1 aliphatic rings. The summed E-state index contributed by atoms with van der Waals surface area (Å²) < 4.78 is 0. The number of carbonyl (C=O) groups is 1. The third kappa shape index (κ3) is 3.53. The molecule has 4 heteroatoms. The van der Waals surface area contributed by atoms with Gasteiger partial charge in [-0.3, -0.25) is 9.78 Å². The molecule has 2 heterocycles. The average molecular weight is 233 g/mol. The molecule has 2 rings (SSSR count). The Morgan fingerprint density at radius 1 is 1.47 bits per heavy atom. The van der Waals surface area contributed by atoms with Crippen LogP contribution in [-0.4, -0.2) is 23.5 Å². The number of amides is 1. The van der Waals surface area contributed by atoms with Crippen LogP contribution in [0.4, 0.5) is 5.69 Å². The number of anilines is 1. The molecule has 1 amide bonds. The Morgan fingerprint density at radius 2 is 2.35 bits per heavy atom. The summed E-state index contributed by atoms with van der Waals surface area (Å²) in [5.74, 6) is 0.0671. The SMILES string of the molecule is Cc1cc(NC(=O)C2CCCCCN2)ccn1.